The number of carboxylic acids is 1. The monoisotopic (exact) mass is 300 g/mol. The summed E-state index contributed by atoms with van der Waals surface area (Å²) in [7, 11) is 0. The van der Waals surface area contributed by atoms with Gasteiger partial charge in [-0.05, 0) is 35.9 Å². The van der Waals surface area contributed by atoms with Crippen LogP contribution < -0.4 is 34.7 Å². The second-order valence-corrected chi connectivity index (χ2v) is 5.26. The van der Waals surface area contributed by atoms with Crippen LogP contribution in [0.4, 0.5) is 0 Å². The number of carbonyl (C=O) groups is 1. The van der Waals surface area contributed by atoms with Crippen molar-refractivity contribution in [3.05, 3.63) is 59.1 Å². The van der Waals surface area contributed by atoms with Gasteiger partial charge in [0.15, 0.2) is 0 Å². The summed E-state index contributed by atoms with van der Waals surface area (Å²) in [6, 6.07) is 14.8. The predicted octanol–water partition coefficient (Wildman–Crippen LogP) is -0.212. The van der Waals surface area contributed by atoms with Crippen LogP contribution in [0.15, 0.2) is 58.3 Å². The van der Waals surface area contributed by atoms with Gasteiger partial charge >= 0.3 is 29.6 Å². The average Bonchev–Trinajstić information content (AvgIpc) is 2.34. The van der Waals surface area contributed by atoms with E-state index in [1.165, 1.54) is 11.8 Å². The van der Waals surface area contributed by atoms with Gasteiger partial charge in [0, 0.05) is 27.2 Å². The Labute approximate surface area is 143 Å². The molecule has 0 heterocycles. The van der Waals surface area contributed by atoms with Gasteiger partial charge < -0.3 is 9.90 Å². The molecule has 0 aliphatic rings. The van der Waals surface area contributed by atoms with Crippen molar-refractivity contribution < 1.29 is 39.5 Å². The van der Waals surface area contributed by atoms with Crippen LogP contribution in [0.25, 0.3) is 0 Å². The molecule has 5 heteroatoms. The van der Waals surface area contributed by atoms with E-state index in [2.05, 4.69) is 0 Å². The molecule has 0 radical (unpaired) electrons. The molecule has 0 aliphatic carbocycles. The Kier molecular flexibility index (Phi) is 6.97. The van der Waals surface area contributed by atoms with Gasteiger partial charge in [0.05, 0.1) is 0 Å². The summed E-state index contributed by atoms with van der Waals surface area (Å²) in [4.78, 5) is 12.6. The standard InChI is InChI=1S/C14H11ClO2S.Na/c15-11-5-7-12(8-6-11)18-13-4-2-1-3-10(13)9-14(16)17;/h1-8H,9H2,(H,16,17);/q;+1/p-1. The first-order chi connectivity index (χ1) is 8.65. The molecule has 2 aromatic rings. The zero-order valence-corrected chi connectivity index (χ0v) is 14.0. The third-order valence-electron chi connectivity index (χ3n) is 2.35. The quantitative estimate of drug-likeness (QED) is 0.734. The van der Waals surface area contributed by atoms with Crippen molar-refractivity contribution in [2.24, 2.45) is 0 Å². The molecule has 0 saturated heterocycles. The predicted molar refractivity (Wildman–Crippen MR) is 70.7 cm³/mol. The van der Waals surface area contributed by atoms with E-state index in [9.17, 15) is 9.90 Å². The normalized spacial score (nSPS) is 9.74. The molecule has 0 atom stereocenters. The van der Waals surface area contributed by atoms with Crippen LogP contribution in [-0.2, 0) is 11.2 Å². The van der Waals surface area contributed by atoms with E-state index in [0.29, 0.717) is 5.02 Å². The second-order valence-electron chi connectivity index (χ2n) is 3.71. The summed E-state index contributed by atoms with van der Waals surface area (Å²) in [6.45, 7) is 0. The zero-order valence-electron chi connectivity index (χ0n) is 10.4. The summed E-state index contributed by atoms with van der Waals surface area (Å²) in [5.41, 5.74) is 0.762. The Morgan fingerprint density at radius 3 is 2.37 bits per heavy atom. The fraction of sp³-hybridized carbons (Fsp3) is 0.0714. The molecule has 0 spiro atoms. The Balaban J connectivity index is 0.00000180. The van der Waals surface area contributed by atoms with Crippen molar-refractivity contribution in [3.8, 4) is 0 Å². The van der Waals surface area contributed by atoms with E-state index >= 15 is 0 Å². The van der Waals surface area contributed by atoms with E-state index in [0.717, 1.165) is 15.4 Å². The smallest absolute Gasteiger partial charge is 0.550 e. The van der Waals surface area contributed by atoms with Gasteiger partial charge in [-0.2, -0.15) is 0 Å². The van der Waals surface area contributed by atoms with Crippen LogP contribution in [0.5, 0.6) is 0 Å². The number of hydrogen-bond donors (Lipinski definition) is 0. The molecule has 0 N–H and O–H groups in total. The van der Waals surface area contributed by atoms with Gasteiger partial charge in [-0.1, -0.05) is 41.6 Å². The van der Waals surface area contributed by atoms with Crippen molar-refractivity contribution in [1.29, 1.82) is 0 Å². The summed E-state index contributed by atoms with van der Waals surface area (Å²) in [6.07, 6.45) is -0.0727. The first kappa shape index (κ1) is 16.6. The first-order valence-electron chi connectivity index (χ1n) is 5.36. The molecule has 2 nitrogen and oxygen atoms in total. The number of hydrogen-bond acceptors (Lipinski definition) is 3. The Hall–Kier alpha value is -0.450. The number of carboxylic acid groups (broad SMARTS) is 1. The molecule has 0 fully saturated rings. The van der Waals surface area contributed by atoms with Gasteiger partial charge in [-0.25, -0.2) is 0 Å². The molecule has 0 saturated carbocycles. The summed E-state index contributed by atoms with van der Waals surface area (Å²) in [5, 5.41) is 11.4. The topological polar surface area (TPSA) is 40.1 Å². The van der Waals surface area contributed by atoms with Crippen molar-refractivity contribution in [1.82, 2.24) is 0 Å². The van der Waals surface area contributed by atoms with Crippen molar-refractivity contribution in [3.63, 3.8) is 0 Å². The van der Waals surface area contributed by atoms with Crippen LogP contribution in [-0.4, -0.2) is 5.97 Å². The van der Waals surface area contributed by atoms with Gasteiger partial charge in [-0.3, -0.25) is 0 Å². The van der Waals surface area contributed by atoms with Crippen LogP contribution in [0.2, 0.25) is 5.02 Å². The van der Waals surface area contributed by atoms with E-state index in [4.69, 9.17) is 11.6 Å². The average molecular weight is 301 g/mol. The summed E-state index contributed by atoms with van der Waals surface area (Å²) in [5.74, 6) is -1.07. The maximum Gasteiger partial charge on any atom is 1.00 e. The third-order valence-corrected chi connectivity index (χ3v) is 3.73. The number of benzene rings is 2. The van der Waals surface area contributed by atoms with Crippen LogP contribution in [0.1, 0.15) is 5.56 Å². The van der Waals surface area contributed by atoms with E-state index in [1.54, 1.807) is 6.07 Å². The van der Waals surface area contributed by atoms with Gasteiger partial charge in [-0.15, -0.1) is 0 Å². The van der Waals surface area contributed by atoms with Crippen LogP contribution in [0.3, 0.4) is 0 Å². The number of halogens is 1. The van der Waals surface area contributed by atoms with E-state index < -0.39 is 5.97 Å². The Morgan fingerprint density at radius 1 is 1.11 bits per heavy atom. The summed E-state index contributed by atoms with van der Waals surface area (Å²) >= 11 is 7.33. The minimum atomic E-state index is -1.07. The van der Waals surface area contributed by atoms with Crippen molar-refractivity contribution in [2.45, 2.75) is 16.2 Å². The van der Waals surface area contributed by atoms with E-state index in [-0.39, 0.29) is 36.0 Å². The van der Waals surface area contributed by atoms with Crippen LogP contribution in [0, 0.1) is 0 Å². The first-order valence-corrected chi connectivity index (χ1v) is 6.56. The van der Waals surface area contributed by atoms with Crippen molar-refractivity contribution in [2.75, 3.05) is 0 Å². The maximum absolute atomic E-state index is 10.7. The molecule has 0 amide bonds. The summed E-state index contributed by atoms with van der Waals surface area (Å²) < 4.78 is 0. The van der Waals surface area contributed by atoms with Crippen molar-refractivity contribution >= 4 is 29.3 Å². The fourth-order valence-electron chi connectivity index (χ4n) is 1.53. The third kappa shape index (κ3) is 5.21. The molecular formula is C14H10ClNaO2S. The SMILES string of the molecule is O=C([O-])Cc1ccccc1Sc1ccc(Cl)cc1.[Na+]. The second kappa shape index (κ2) is 7.98. The van der Waals surface area contributed by atoms with Gasteiger partial charge in [0.1, 0.15) is 0 Å². The molecule has 19 heavy (non-hydrogen) atoms. The Morgan fingerprint density at radius 2 is 1.74 bits per heavy atom. The molecule has 0 bridgehead atoms. The molecule has 0 unspecified atom stereocenters. The number of rotatable bonds is 4. The van der Waals surface area contributed by atoms with Crippen LogP contribution >= 0.6 is 23.4 Å². The molecular weight excluding hydrogens is 291 g/mol. The van der Waals surface area contributed by atoms with E-state index in [1.807, 2.05) is 42.5 Å². The molecule has 0 aromatic heterocycles. The number of carbonyl (C=O) groups excluding carboxylic acids is 1. The minimum absolute atomic E-state index is 0. The number of aliphatic carboxylic acids is 1. The zero-order chi connectivity index (χ0) is 13.0. The minimum Gasteiger partial charge on any atom is -0.550 e. The molecule has 2 aromatic carbocycles. The molecule has 0 aliphatic heterocycles. The van der Waals surface area contributed by atoms with Gasteiger partial charge in [0.25, 0.3) is 0 Å². The van der Waals surface area contributed by atoms with Gasteiger partial charge in [0.2, 0.25) is 0 Å². The Bertz CT molecular complexity index is 558. The molecule has 2 rings (SSSR count). The maximum atomic E-state index is 10.7. The fourth-order valence-corrected chi connectivity index (χ4v) is 2.60. The molecule has 92 valence electrons. The largest absolute Gasteiger partial charge is 1.00 e.